The van der Waals surface area contributed by atoms with Crippen LogP contribution in [0.15, 0.2) is 24.3 Å². The fraction of sp³-hybridized carbons (Fsp3) is 0.529. The van der Waals surface area contributed by atoms with E-state index in [1.54, 1.807) is 12.1 Å². The number of piperidine rings is 1. The molecular formula is C17H25N3O2. The largest absolute Gasteiger partial charge is 0.366 e. The second kappa shape index (κ2) is 7.94. The number of benzene rings is 1. The average molecular weight is 303 g/mol. The standard InChI is InChI=1S/C17H25N3O2/c1-2-9-19-17(22)15-7-10-20(11-8-15)12-13-3-5-14(6-4-13)16(18)21/h3-6,15H,2,7-12H2,1H3,(H2,18,21)(H,19,22). The van der Waals surface area contributed by atoms with Crippen LogP contribution < -0.4 is 11.1 Å². The molecule has 0 spiro atoms. The van der Waals surface area contributed by atoms with E-state index in [1.165, 1.54) is 5.56 Å². The van der Waals surface area contributed by atoms with Crippen LogP contribution in [0, 0.1) is 5.92 Å². The van der Waals surface area contributed by atoms with Gasteiger partial charge in [-0.25, -0.2) is 0 Å². The third-order valence-corrected chi connectivity index (χ3v) is 4.15. The third-order valence-electron chi connectivity index (χ3n) is 4.15. The molecule has 0 aliphatic carbocycles. The number of carbonyl (C=O) groups is 2. The van der Waals surface area contributed by atoms with E-state index in [2.05, 4.69) is 17.1 Å². The van der Waals surface area contributed by atoms with Gasteiger partial charge in [0.05, 0.1) is 0 Å². The highest BCUT2D eigenvalue weighted by Gasteiger charge is 2.24. The van der Waals surface area contributed by atoms with Crippen LogP contribution in [-0.4, -0.2) is 36.3 Å². The van der Waals surface area contributed by atoms with Crippen molar-refractivity contribution in [3.05, 3.63) is 35.4 Å². The van der Waals surface area contributed by atoms with Gasteiger partial charge in [0.2, 0.25) is 11.8 Å². The van der Waals surface area contributed by atoms with Crippen LogP contribution >= 0.6 is 0 Å². The molecule has 0 atom stereocenters. The van der Waals surface area contributed by atoms with Crippen LogP contribution in [0.25, 0.3) is 0 Å². The second-order valence-corrected chi connectivity index (χ2v) is 5.90. The van der Waals surface area contributed by atoms with Gasteiger partial charge in [-0.2, -0.15) is 0 Å². The lowest BCUT2D eigenvalue weighted by Crippen LogP contribution is -2.40. The Hall–Kier alpha value is -1.88. The van der Waals surface area contributed by atoms with E-state index in [0.717, 1.165) is 45.4 Å². The number of rotatable bonds is 6. The fourth-order valence-electron chi connectivity index (χ4n) is 2.78. The van der Waals surface area contributed by atoms with Crippen molar-refractivity contribution in [1.82, 2.24) is 10.2 Å². The number of carbonyl (C=O) groups excluding carboxylic acids is 2. The molecule has 5 heteroatoms. The summed E-state index contributed by atoms with van der Waals surface area (Å²) in [5.74, 6) is -0.0437. The van der Waals surface area contributed by atoms with Gasteiger partial charge in [0.25, 0.3) is 0 Å². The summed E-state index contributed by atoms with van der Waals surface area (Å²) in [4.78, 5) is 25.4. The van der Waals surface area contributed by atoms with E-state index in [4.69, 9.17) is 5.73 Å². The zero-order valence-electron chi connectivity index (χ0n) is 13.2. The smallest absolute Gasteiger partial charge is 0.248 e. The van der Waals surface area contributed by atoms with E-state index < -0.39 is 5.91 Å². The predicted octanol–water partition coefficient (Wildman–Crippen LogP) is 1.52. The van der Waals surface area contributed by atoms with Gasteiger partial charge < -0.3 is 11.1 Å². The number of nitrogens with zero attached hydrogens (tertiary/aromatic N) is 1. The summed E-state index contributed by atoms with van der Waals surface area (Å²) in [7, 11) is 0. The maximum absolute atomic E-state index is 11.9. The van der Waals surface area contributed by atoms with Crippen molar-refractivity contribution in [1.29, 1.82) is 0 Å². The first-order valence-corrected chi connectivity index (χ1v) is 7.99. The van der Waals surface area contributed by atoms with Gasteiger partial charge in [-0.15, -0.1) is 0 Å². The third kappa shape index (κ3) is 4.56. The molecule has 2 amide bonds. The first-order chi connectivity index (χ1) is 10.6. The van der Waals surface area contributed by atoms with Gasteiger partial charge in [0, 0.05) is 24.6 Å². The van der Waals surface area contributed by atoms with Crippen molar-refractivity contribution in [2.24, 2.45) is 11.7 Å². The van der Waals surface area contributed by atoms with Crippen molar-refractivity contribution in [2.75, 3.05) is 19.6 Å². The molecule has 120 valence electrons. The van der Waals surface area contributed by atoms with E-state index >= 15 is 0 Å². The highest BCUT2D eigenvalue weighted by Crippen LogP contribution is 2.19. The molecule has 0 aromatic heterocycles. The van der Waals surface area contributed by atoms with Crippen molar-refractivity contribution < 1.29 is 9.59 Å². The van der Waals surface area contributed by atoms with Crippen molar-refractivity contribution in [3.8, 4) is 0 Å². The number of nitrogens with one attached hydrogen (secondary N) is 1. The van der Waals surface area contributed by atoms with Gasteiger partial charge in [-0.1, -0.05) is 19.1 Å². The highest BCUT2D eigenvalue weighted by molar-refractivity contribution is 5.92. The van der Waals surface area contributed by atoms with Gasteiger partial charge in [-0.05, 0) is 50.0 Å². The van der Waals surface area contributed by atoms with Crippen LogP contribution in [0.1, 0.15) is 42.1 Å². The molecule has 5 nitrogen and oxygen atoms in total. The molecule has 3 N–H and O–H groups in total. The summed E-state index contributed by atoms with van der Waals surface area (Å²) in [5.41, 5.74) is 6.94. The van der Waals surface area contributed by atoms with E-state index in [0.29, 0.717) is 5.56 Å². The quantitative estimate of drug-likeness (QED) is 0.836. The molecule has 1 fully saturated rings. The molecule has 22 heavy (non-hydrogen) atoms. The zero-order valence-corrected chi connectivity index (χ0v) is 13.2. The Morgan fingerprint density at radius 2 is 1.86 bits per heavy atom. The van der Waals surface area contributed by atoms with E-state index in [1.807, 2.05) is 12.1 Å². The van der Waals surface area contributed by atoms with Crippen molar-refractivity contribution >= 4 is 11.8 Å². The number of hydrogen-bond acceptors (Lipinski definition) is 3. The van der Waals surface area contributed by atoms with Gasteiger partial charge >= 0.3 is 0 Å². The summed E-state index contributed by atoms with van der Waals surface area (Å²) in [6, 6.07) is 7.42. The van der Waals surface area contributed by atoms with Crippen LogP contribution in [-0.2, 0) is 11.3 Å². The predicted molar refractivity (Wildman–Crippen MR) is 86.3 cm³/mol. The molecule has 2 rings (SSSR count). The highest BCUT2D eigenvalue weighted by atomic mass is 16.2. The Balaban J connectivity index is 1.79. The maximum atomic E-state index is 11.9. The van der Waals surface area contributed by atoms with Crippen LogP contribution in [0.4, 0.5) is 0 Å². The topological polar surface area (TPSA) is 75.4 Å². The fourth-order valence-corrected chi connectivity index (χ4v) is 2.78. The Kier molecular flexibility index (Phi) is 5.95. The molecule has 1 aromatic carbocycles. The first-order valence-electron chi connectivity index (χ1n) is 7.99. The Labute approximate surface area is 131 Å². The zero-order chi connectivity index (χ0) is 15.9. The van der Waals surface area contributed by atoms with Crippen LogP contribution in [0.5, 0.6) is 0 Å². The SMILES string of the molecule is CCCNC(=O)C1CCN(Cc2ccc(C(N)=O)cc2)CC1. The van der Waals surface area contributed by atoms with Crippen LogP contribution in [0.3, 0.4) is 0 Å². The molecule has 1 aromatic rings. The summed E-state index contributed by atoms with van der Waals surface area (Å²) >= 11 is 0. The first kappa shape index (κ1) is 16.5. The molecule has 0 saturated carbocycles. The molecule has 1 saturated heterocycles. The number of primary amides is 1. The normalized spacial score (nSPS) is 16.4. The average Bonchev–Trinajstić information content (AvgIpc) is 2.54. The lowest BCUT2D eigenvalue weighted by atomic mass is 9.95. The second-order valence-electron chi connectivity index (χ2n) is 5.90. The molecular weight excluding hydrogens is 278 g/mol. The lowest BCUT2D eigenvalue weighted by Gasteiger charge is -2.31. The minimum atomic E-state index is -0.398. The summed E-state index contributed by atoms with van der Waals surface area (Å²) < 4.78 is 0. The molecule has 0 radical (unpaired) electrons. The van der Waals surface area contributed by atoms with Crippen LogP contribution in [0.2, 0.25) is 0 Å². The Bertz CT molecular complexity index is 505. The van der Waals surface area contributed by atoms with E-state index in [9.17, 15) is 9.59 Å². The monoisotopic (exact) mass is 303 g/mol. The number of amides is 2. The van der Waals surface area contributed by atoms with Crippen molar-refractivity contribution in [2.45, 2.75) is 32.7 Å². The molecule has 1 aliphatic heterocycles. The summed E-state index contributed by atoms with van der Waals surface area (Å²) in [5, 5.41) is 2.98. The van der Waals surface area contributed by atoms with Crippen molar-refractivity contribution in [3.63, 3.8) is 0 Å². The number of hydrogen-bond donors (Lipinski definition) is 2. The minimum Gasteiger partial charge on any atom is -0.366 e. The molecule has 0 unspecified atom stereocenters. The Morgan fingerprint density at radius 1 is 1.23 bits per heavy atom. The van der Waals surface area contributed by atoms with Gasteiger partial charge in [-0.3, -0.25) is 14.5 Å². The van der Waals surface area contributed by atoms with Gasteiger partial charge in [0.1, 0.15) is 0 Å². The maximum Gasteiger partial charge on any atom is 0.248 e. The summed E-state index contributed by atoms with van der Waals surface area (Å²) in [6.45, 7) is 5.55. The number of nitrogens with two attached hydrogens (primary N) is 1. The summed E-state index contributed by atoms with van der Waals surface area (Å²) in [6.07, 6.45) is 2.80. The Morgan fingerprint density at radius 3 is 2.41 bits per heavy atom. The molecule has 1 heterocycles. The van der Waals surface area contributed by atoms with E-state index in [-0.39, 0.29) is 11.8 Å². The lowest BCUT2D eigenvalue weighted by molar-refractivity contribution is -0.126. The number of likely N-dealkylation sites (tertiary alicyclic amines) is 1. The van der Waals surface area contributed by atoms with Gasteiger partial charge in [0.15, 0.2) is 0 Å². The molecule has 0 bridgehead atoms. The molecule has 1 aliphatic rings. The minimum absolute atomic E-state index is 0.153.